The number of nitrogens with zero attached hydrogens (tertiary/aromatic N) is 4. The van der Waals surface area contributed by atoms with Gasteiger partial charge in [0.1, 0.15) is 0 Å². The van der Waals surface area contributed by atoms with Gasteiger partial charge in [-0.2, -0.15) is 20.8 Å². The predicted molar refractivity (Wildman–Crippen MR) is 66.6 cm³/mol. The lowest BCUT2D eigenvalue weighted by atomic mass is 10.1. The Morgan fingerprint density at radius 2 is 1.25 bits per heavy atom. The van der Waals surface area contributed by atoms with E-state index in [0.29, 0.717) is 12.8 Å². The molecule has 0 aromatic heterocycles. The summed E-state index contributed by atoms with van der Waals surface area (Å²) in [6, 6.07) is 2.20. The number of aliphatic carboxylic acids is 2. The molecule has 8 nitrogen and oxygen atoms in total. The zero-order chi connectivity index (χ0) is 15.4. The highest BCUT2D eigenvalue weighted by molar-refractivity contribution is 5.66. The van der Waals surface area contributed by atoms with Gasteiger partial charge in [-0.05, 0) is 25.7 Å². The van der Waals surface area contributed by atoms with Crippen LogP contribution in [0.4, 0.5) is 0 Å². The number of carboxylic acid groups (broad SMARTS) is 2. The van der Waals surface area contributed by atoms with Crippen molar-refractivity contribution in [2.24, 2.45) is 10.2 Å². The highest BCUT2D eigenvalue weighted by Gasteiger charge is 2.10. The Balaban J connectivity index is 4.18. The van der Waals surface area contributed by atoms with Crippen molar-refractivity contribution < 1.29 is 19.8 Å². The molecule has 0 saturated carbocycles. The molecule has 0 aromatic carbocycles. The second kappa shape index (κ2) is 10.4. The van der Waals surface area contributed by atoms with Gasteiger partial charge in [0, 0.05) is 12.8 Å². The monoisotopic (exact) mass is 280 g/mol. The Morgan fingerprint density at radius 3 is 1.50 bits per heavy atom. The SMILES string of the molecule is N#CC(CCCC(=O)O)N=NC(C#N)CCCC(=O)O. The van der Waals surface area contributed by atoms with Crippen molar-refractivity contribution in [1.82, 2.24) is 0 Å². The maximum atomic E-state index is 10.3. The van der Waals surface area contributed by atoms with Gasteiger partial charge in [-0.15, -0.1) is 0 Å². The largest absolute Gasteiger partial charge is 0.481 e. The van der Waals surface area contributed by atoms with E-state index in [0.717, 1.165) is 0 Å². The van der Waals surface area contributed by atoms with Crippen molar-refractivity contribution in [2.45, 2.75) is 50.6 Å². The molecular formula is C12H16N4O4. The Morgan fingerprint density at radius 1 is 0.900 bits per heavy atom. The van der Waals surface area contributed by atoms with Crippen molar-refractivity contribution in [3.8, 4) is 12.1 Å². The van der Waals surface area contributed by atoms with Crippen LogP contribution in [0.3, 0.4) is 0 Å². The lowest BCUT2D eigenvalue weighted by molar-refractivity contribution is -0.138. The van der Waals surface area contributed by atoms with Gasteiger partial charge in [0.05, 0.1) is 12.1 Å². The molecule has 8 heteroatoms. The van der Waals surface area contributed by atoms with Crippen LogP contribution in [-0.2, 0) is 9.59 Å². The van der Waals surface area contributed by atoms with Gasteiger partial charge in [-0.25, -0.2) is 0 Å². The highest BCUT2D eigenvalue weighted by atomic mass is 16.4. The minimum atomic E-state index is -0.942. The molecule has 0 rings (SSSR count). The van der Waals surface area contributed by atoms with E-state index in [1.807, 2.05) is 12.1 Å². The fourth-order valence-electron chi connectivity index (χ4n) is 1.35. The third-order valence-corrected chi connectivity index (χ3v) is 2.38. The molecule has 0 radical (unpaired) electrons. The van der Waals surface area contributed by atoms with E-state index in [4.69, 9.17) is 20.7 Å². The molecule has 0 aliphatic rings. The minimum absolute atomic E-state index is 0.0476. The number of carbonyl (C=O) groups is 2. The first-order chi connectivity index (χ1) is 9.49. The summed E-state index contributed by atoms with van der Waals surface area (Å²) in [7, 11) is 0. The van der Waals surface area contributed by atoms with Crippen LogP contribution in [0.25, 0.3) is 0 Å². The summed E-state index contributed by atoms with van der Waals surface area (Å²) in [5.41, 5.74) is 0. The average Bonchev–Trinajstić information content (AvgIpc) is 2.39. The van der Waals surface area contributed by atoms with Crippen LogP contribution in [0.15, 0.2) is 10.2 Å². The first-order valence-electron chi connectivity index (χ1n) is 6.12. The van der Waals surface area contributed by atoms with Gasteiger partial charge in [-0.1, -0.05) is 0 Å². The van der Waals surface area contributed by atoms with E-state index < -0.39 is 24.0 Å². The quantitative estimate of drug-likeness (QED) is 0.582. The Labute approximate surface area is 116 Å². The molecule has 2 N–H and O–H groups in total. The third kappa shape index (κ3) is 9.54. The summed E-state index contributed by atoms with van der Waals surface area (Å²) in [5.74, 6) is -1.88. The van der Waals surface area contributed by atoms with Crippen molar-refractivity contribution >= 4 is 11.9 Å². The summed E-state index contributed by atoms with van der Waals surface area (Å²) in [6.45, 7) is 0. The molecule has 20 heavy (non-hydrogen) atoms. The first kappa shape index (κ1) is 17.5. The van der Waals surface area contributed by atoms with E-state index >= 15 is 0 Å². The number of nitriles is 2. The van der Waals surface area contributed by atoms with Gasteiger partial charge in [0.25, 0.3) is 0 Å². The molecule has 0 heterocycles. The topological polar surface area (TPSA) is 147 Å². The Bertz CT molecular complexity index is 396. The van der Waals surface area contributed by atoms with E-state index in [2.05, 4.69) is 10.2 Å². The molecular weight excluding hydrogens is 264 g/mol. The zero-order valence-corrected chi connectivity index (χ0v) is 10.9. The second-order valence-corrected chi connectivity index (χ2v) is 4.09. The van der Waals surface area contributed by atoms with Crippen molar-refractivity contribution in [1.29, 1.82) is 10.5 Å². The second-order valence-electron chi connectivity index (χ2n) is 4.09. The number of azo groups is 1. The van der Waals surface area contributed by atoms with Crippen LogP contribution in [-0.4, -0.2) is 34.2 Å². The van der Waals surface area contributed by atoms with Crippen LogP contribution in [0.5, 0.6) is 0 Å². The highest BCUT2D eigenvalue weighted by Crippen LogP contribution is 2.09. The average molecular weight is 280 g/mol. The molecule has 0 aliphatic carbocycles. The maximum Gasteiger partial charge on any atom is 0.303 e. The lowest BCUT2D eigenvalue weighted by Crippen LogP contribution is -2.06. The maximum absolute atomic E-state index is 10.3. The number of hydrogen-bond acceptors (Lipinski definition) is 6. The number of hydrogen-bond donors (Lipinski definition) is 2. The fraction of sp³-hybridized carbons (Fsp3) is 0.667. The zero-order valence-electron chi connectivity index (χ0n) is 10.9. The summed E-state index contributed by atoms with van der Waals surface area (Å²) in [6.07, 6.45) is 1.05. The van der Waals surface area contributed by atoms with Crippen molar-refractivity contribution in [2.75, 3.05) is 0 Å². The van der Waals surface area contributed by atoms with Gasteiger partial charge < -0.3 is 10.2 Å². The molecule has 0 spiro atoms. The van der Waals surface area contributed by atoms with Crippen LogP contribution < -0.4 is 0 Å². The van der Waals surface area contributed by atoms with Crippen molar-refractivity contribution in [3.05, 3.63) is 0 Å². The molecule has 0 amide bonds. The van der Waals surface area contributed by atoms with Crippen LogP contribution in [0.2, 0.25) is 0 Å². The van der Waals surface area contributed by atoms with Gasteiger partial charge in [0.15, 0.2) is 12.1 Å². The number of rotatable bonds is 10. The van der Waals surface area contributed by atoms with E-state index in [1.54, 1.807) is 0 Å². The number of carboxylic acids is 2. The summed E-state index contributed by atoms with van der Waals surface area (Å²) < 4.78 is 0. The van der Waals surface area contributed by atoms with E-state index in [-0.39, 0.29) is 25.7 Å². The molecule has 0 aliphatic heterocycles. The predicted octanol–water partition coefficient (Wildman–Crippen LogP) is 1.73. The molecule has 0 fully saturated rings. The lowest BCUT2D eigenvalue weighted by Gasteiger charge is -2.03. The van der Waals surface area contributed by atoms with E-state index in [9.17, 15) is 9.59 Å². The first-order valence-corrected chi connectivity index (χ1v) is 6.12. The van der Waals surface area contributed by atoms with Crippen LogP contribution >= 0.6 is 0 Å². The van der Waals surface area contributed by atoms with Crippen LogP contribution in [0.1, 0.15) is 38.5 Å². The normalized spacial score (nSPS) is 13.3. The molecule has 0 saturated heterocycles. The van der Waals surface area contributed by atoms with Gasteiger partial charge in [-0.3, -0.25) is 9.59 Å². The molecule has 0 bridgehead atoms. The van der Waals surface area contributed by atoms with Gasteiger partial charge in [0.2, 0.25) is 0 Å². The minimum Gasteiger partial charge on any atom is -0.481 e. The smallest absolute Gasteiger partial charge is 0.303 e. The summed E-state index contributed by atoms with van der Waals surface area (Å²) in [5, 5.41) is 42.0. The summed E-state index contributed by atoms with van der Waals surface area (Å²) >= 11 is 0. The third-order valence-electron chi connectivity index (χ3n) is 2.38. The van der Waals surface area contributed by atoms with Gasteiger partial charge >= 0.3 is 11.9 Å². The molecule has 0 aromatic rings. The van der Waals surface area contributed by atoms with Crippen LogP contribution in [0, 0.1) is 22.7 Å². The molecule has 2 atom stereocenters. The molecule has 108 valence electrons. The summed E-state index contributed by atoms with van der Waals surface area (Å²) in [4.78, 5) is 20.7. The fourth-order valence-corrected chi connectivity index (χ4v) is 1.35. The van der Waals surface area contributed by atoms with Crippen molar-refractivity contribution in [3.63, 3.8) is 0 Å². The Hall–Kier alpha value is -2.48. The molecule has 2 unspecified atom stereocenters. The standard InChI is InChI=1S/C12H16N4O4/c13-7-9(3-1-5-11(17)18)15-16-10(8-14)4-2-6-12(19)20/h9-10H,1-6H2,(H,17,18)(H,19,20). The Kier molecular flexibility index (Phi) is 9.15. The van der Waals surface area contributed by atoms with E-state index in [1.165, 1.54) is 0 Å².